The van der Waals surface area contributed by atoms with Gasteiger partial charge in [-0.3, -0.25) is 14.5 Å². The summed E-state index contributed by atoms with van der Waals surface area (Å²) >= 11 is 0. The molecule has 0 saturated carbocycles. The van der Waals surface area contributed by atoms with Crippen LogP contribution in [0.15, 0.2) is 47.2 Å². The molecule has 0 aliphatic rings. The molecule has 4 rings (SSSR count). The van der Waals surface area contributed by atoms with Gasteiger partial charge < -0.3 is 10.2 Å². The maximum absolute atomic E-state index is 12.9. The molecule has 6 nitrogen and oxygen atoms in total. The smallest absolute Gasteiger partial charge is 0.267 e. The summed E-state index contributed by atoms with van der Waals surface area (Å²) < 4.78 is 20.0. The molecule has 3 aromatic heterocycles. The van der Waals surface area contributed by atoms with Gasteiger partial charge in [0.05, 0.1) is 12.1 Å². The van der Waals surface area contributed by atoms with Gasteiger partial charge in [-0.15, -0.1) is 0 Å². The highest BCUT2D eigenvalue weighted by molar-refractivity contribution is 6.03. The number of carbonyl (C=O) groups is 1. The van der Waals surface area contributed by atoms with Crippen LogP contribution in [0.25, 0.3) is 33.1 Å². The molecule has 0 saturated heterocycles. The van der Waals surface area contributed by atoms with Crippen molar-refractivity contribution < 1.29 is 13.6 Å². The second-order valence-corrected chi connectivity index (χ2v) is 5.36. The van der Waals surface area contributed by atoms with Crippen molar-refractivity contribution in [2.45, 2.75) is 6.54 Å². The number of halogens is 1. The highest BCUT2D eigenvalue weighted by atomic mass is 19.1. The summed E-state index contributed by atoms with van der Waals surface area (Å²) in [5.41, 5.74) is 8.17. The molecule has 1 amide bonds. The Morgan fingerprint density at radius 2 is 2.12 bits per heavy atom. The average molecular weight is 324 g/mol. The van der Waals surface area contributed by atoms with Crippen molar-refractivity contribution in [3.05, 3.63) is 48.5 Å². The first-order chi connectivity index (χ1) is 11.7. The van der Waals surface area contributed by atoms with Crippen LogP contribution in [0, 0.1) is 0 Å². The standard InChI is InChI=1S/C17H13FN4O2/c18-5-6-22-14-7-13(17(19)23)20-8-11(14)16(21-22)12-9-24-15-4-2-1-3-10(12)15/h1-4,7-9H,5-6H2,(H2,19,23). The van der Waals surface area contributed by atoms with Gasteiger partial charge in [0.1, 0.15) is 29.9 Å². The summed E-state index contributed by atoms with van der Waals surface area (Å²) in [5.74, 6) is -0.639. The summed E-state index contributed by atoms with van der Waals surface area (Å²) in [6, 6.07) is 9.12. The second-order valence-electron chi connectivity index (χ2n) is 5.36. The summed E-state index contributed by atoms with van der Waals surface area (Å²) in [5, 5.41) is 6.11. The molecule has 0 radical (unpaired) electrons. The molecule has 24 heavy (non-hydrogen) atoms. The zero-order chi connectivity index (χ0) is 16.7. The monoisotopic (exact) mass is 324 g/mol. The van der Waals surface area contributed by atoms with Crippen LogP contribution in [0.5, 0.6) is 0 Å². The molecule has 0 atom stereocenters. The van der Waals surface area contributed by atoms with E-state index >= 15 is 0 Å². The van der Waals surface area contributed by atoms with Crippen LogP contribution in [-0.2, 0) is 6.54 Å². The van der Waals surface area contributed by atoms with E-state index in [1.807, 2.05) is 24.3 Å². The Morgan fingerprint density at radius 3 is 2.92 bits per heavy atom. The molecule has 1 aromatic carbocycles. The van der Waals surface area contributed by atoms with E-state index < -0.39 is 12.6 Å². The Balaban J connectivity index is 2.00. The van der Waals surface area contributed by atoms with Crippen LogP contribution in [0.4, 0.5) is 4.39 Å². The number of nitrogens with zero attached hydrogens (tertiary/aromatic N) is 3. The molecule has 0 spiro atoms. The number of aromatic nitrogens is 3. The molecule has 120 valence electrons. The number of amides is 1. The highest BCUT2D eigenvalue weighted by Gasteiger charge is 2.18. The number of rotatable bonds is 4. The van der Waals surface area contributed by atoms with E-state index in [2.05, 4.69) is 10.1 Å². The molecule has 7 heteroatoms. The fraction of sp³-hybridized carbons (Fsp3) is 0.118. The summed E-state index contributed by atoms with van der Waals surface area (Å²) in [7, 11) is 0. The largest absolute Gasteiger partial charge is 0.464 e. The Kier molecular flexibility index (Phi) is 3.26. The minimum Gasteiger partial charge on any atom is -0.464 e. The molecule has 0 unspecified atom stereocenters. The molecule has 0 aliphatic heterocycles. The first-order valence-electron chi connectivity index (χ1n) is 7.38. The lowest BCUT2D eigenvalue weighted by molar-refractivity contribution is 0.0995. The lowest BCUT2D eigenvalue weighted by Gasteiger charge is -2.00. The summed E-state index contributed by atoms with van der Waals surface area (Å²) in [6.45, 7) is -0.495. The first-order valence-corrected chi connectivity index (χ1v) is 7.38. The maximum Gasteiger partial charge on any atom is 0.267 e. The number of hydrogen-bond donors (Lipinski definition) is 1. The Morgan fingerprint density at radius 1 is 1.29 bits per heavy atom. The van der Waals surface area contributed by atoms with Crippen LogP contribution >= 0.6 is 0 Å². The van der Waals surface area contributed by atoms with E-state index in [1.54, 1.807) is 6.26 Å². The number of pyridine rings is 1. The number of carbonyl (C=O) groups excluding carboxylic acids is 1. The third kappa shape index (κ3) is 2.13. The van der Waals surface area contributed by atoms with Crippen LogP contribution in [-0.4, -0.2) is 27.3 Å². The van der Waals surface area contributed by atoms with Crippen molar-refractivity contribution in [2.24, 2.45) is 5.73 Å². The number of hydrogen-bond acceptors (Lipinski definition) is 4. The predicted octanol–water partition coefficient (Wildman–Crippen LogP) is 2.91. The van der Waals surface area contributed by atoms with E-state index in [4.69, 9.17) is 10.2 Å². The number of primary amides is 1. The Hall–Kier alpha value is -3.22. The van der Waals surface area contributed by atoms with Crippen LogP contribution < -0.4 is 5.73 Å². The number of aryl methyl sites for hydroxylation is 1. The lowest BCUT2D eigenvalue weighted by Crippen LogP contribution is -2.13. The van der Waals surface area contributed by atoms with Crippen molar-refractivity contribution in [3.63, 3.8) is 0 Å². The Labute approximate surface area is 135 Å². The Bertz CT molecular complexity index is 1070. The molecule has 3 heterocycles. The van der Waals surface area contributed by atoms with Crippen molar-refractivity contribution in [1.29, 1.82) is 0 Å². The predicted molar refractivity (Wildman–Crippen MR) is 87.2 cm³/mol. The number of furan rings is 1. The van der Waals surface area contributed by atoms with E-state index in [1.165, 1.54) is 16.9 Å². The third-order valence-corrected chi connectivity index (χ3v) is 3.92. The molecular weight excluding hydrogens is 311 g/mol. The number of para-hydroxylation sites is 1. The summed E-state index contributed by atoms with van der Waals surface area (Å²) in [4.78, 5) is 15.4. The van der Waals surface area contributed by atoms with Gasteiger partial charge >= 0.3 is 0 Å². The zero-order valence-electron chi connectivity index (χ0n) is 12.6. The second kappa shape index (κ2) is 5.45. The average Bonchev–Trinajstić information content (AvgIpc) is 3.16. The molecular formula is C17H13FN4O2. The number of fused-ring (bicyclic) bond motifs is 2. The first kappa shape index (κ1) is 14.4. The van der Waals surface area contributed by atoms with Gasteiger partial charge in [0.2, 0.25) is 0 Å². The van der Waals surface area contributed by atoms with Crippen molar-refractivity contribution in [1.82, 2.24) is 14.8 Å². The van der Waals surface area contributed by atoms with Gasteiger partial charge in [-0.05, 0) is 12.1 Å². The van der Waals surface area contributed by atoms with E-state index in [9.17, 15) is 9.18 Å². The fourth-order valence-electron chi connectivity index (χ4n) is 2.81. The quantitative estimate of drug-likeness (QED) is 0.625. The number of benzene rings is 1. The van der Waals surface area contributed by atoms with Crippen molar-refractivity contribution in [3.8, 4) is 11.3 Å². The van der Waals surface area contributed by atoms with Crippen LogP contribution in [0.3, 0.4) is 0 Å². The van der Waals surface area contributed by atoms with E-state index in [0.717, 1.165) is 16.5 Å². The minimum atomic E-state index is -0.639. The fourth-order valence-corrected chi connectivity index (χ4v) is 2.81. The van der Waals surface area contributed by atoms with E-state index in [-0.39, 0.29) is 12.2 Å². The van der Waals surface area contributed by atoms with Gasteiger partial charge in [-0.2, -0.15) is 5.10 Å². The third-order valence-electron chi connectivity index (χ3n) is 3.92. The zero-order valence-corrected chi connectivity index (χ0v) is 12.6. The van der Waals surface area contributed by atoms with Crippen molar-refractivity contribution >= 4 is 27.8 Å². The summed E-state index contributed by atoms with van der Waals surface area (Å²) in [6.07, 6.45) is 3.16. The van der Waals surface area contributed by atoms with Gasteiger partial charge in [0.25, 0.3) is 5.91 Å². The van der Waals surface area contributed by atoms with Crippen LogP contribution in [0.1, 0.15) is 10.5 Å². The minimum absolute atomic E-state index is 0.0779. The molecule has 0 bridgehead atoms. The normalized spacial score (nSPS) is 11.4. The highest BCUT2D eigenvalue weighted by Crippen LogP contribution is 2.34. The number of alkyl halides is 1. The van der Waals surface area contributed by atoms with E-state index in [0.29, 0.717) is 16.6 Å². The van der Waals surface area contributed by atoms with Crippen LogP contribution in [0.2, 0.25) is 0 Å². The molecule has 4 aromatic rings. The maximum atomic E-state index is 12.9. The van der Waals surface area contributed by atoms with Gasteiger partial charge in [0.15, 0.2) is 0 Å². The lowest BCUT2D eigenvalue weighted by atomic mass is 10.1. The SMILES string of the molecule is NC(=O)c1cc2c(cn1)c(-c1coc3ccccc13)nn2CCF. The molecule has 0 aliphatic carbocycles. The number of nitrogens with two attached hydrogens (primary N) is 1. The van der Waals surface area contributed by atoms with Gasteiger partial charge in [-0.1, -0.05) is 18.2 Å². The van der Waals surface area contributed by atoms with Gasteiger partial charge in [0, 0.05) is 22.5 Å². The topological polar surface area (TPSA) is 86.9 Å². The molecule has 0 fully saturated rings. The van der Waals surface area contributed by atoms with Crippen molar-refractivity contribution in [2.75, 3.05) is 6.67 Å². The molecule has 2 N–H and O–H groups in total. The van der Waals surface area contributed by atoms with Gasteiger partial charge in [-0.25, -0.2) is 4.39 Å².